The molecular weight excluding hydrogens is 514 g/mol. The fraction of sp³-hybridized carbons (Fsp3) is 0.576. The van der Waals surface area contributed by atoms with Crippen molar-refractivity contribution >= 4 is 5.91 Å². The van der Waals surface area contributed by atoms with Gasteiger partial charge in [-0.25, -0.2) is 0 Å². The summed E-state index contributed by atoms with van der Waals surface area (Å²) in [7, 11) is 2.08. The maximum Gasteiger partial charge on any atom is 0.230 e. The molecule has 6 rings (SSSR count). The van der Waals surface area contributed by atoms with Gasteiger partial charge in [0.25, 0.3) is 0 Å². The van der Waals surface area contributed by atoms with Crippen molar-refractivity contribution in [2.45, 2.75) is 76.7 Å². The number of pyridine rings is 1. The van der Waals surface area contributed by atoms with Gasteiger partial charge in [-0.1, -0.05) is 63.0 Å². The average Bonchev–Trinajstić information content (AvgIpc) is 3.69. The molecule has 1 aliphatic carbocycles. The number of carbonyl (C=O) groups is 1. The van der Waals surface area contributed by atoms with Crippen molar-refractivity contribution < 1.29 is 14.4 Å². The van der Waals surface area contributed by atoms with Crippen LogP contribution in [0.5, 0.6) is 0 Å². The van der Waals surface area contributed by atoms with Gasteiger partial charge in [-0.2, -0.15) is 4.98 Å². The predicted molar refractivity (Wildman–Crippen MR) is 157 cm³/mol. The van der Waals surface area contributed by atoms with E-state index in [0.717, 1.165) is 68.6 Å². The van der Waals surface area contributed by atoms with Gasteiger partial charge in [0.05, 0.1) is 0 Å². The van der Waals surface area contributed by atoms with Crippen LogP contribution >= 0.6 is 0 Å². The van der Waals surface area contributed by atoms with Crippen LogP contribution in [0.1, 0.15) is 93.7 Å². The summed E-state index contributed by atoms with van der Waals surface area (Å²) >= 11 is 0. The van der Waals surface area contributed by atoms with Crippen molar-refractivity contribution in [3.63, 3.8) is 0 Å². The number of hydrogen-bond donors (Lipinski definition) is 1. The van der Waals surface area contributed by atoms with E-state index in [4.69, 9.17) is 9.51 Å². The van der Waals surface area contributed by atoms with Crippen LogP contribution in [0, 0.1) is 11.3 Å². The van der Waals surface area contributed by atoms with Gasteiger partial charge >= 0.3 is 0 Å². The molecule has 8 heteroatoms. The summed E-state index contributed by atoms with van der Waals surface area (Å²) in [6, 6.07) is 10.3. The van der Waals surface area contributed by atoms with E-state index in [2.05, 4.69) is 67.1 Å². The van der Waals surface area contributed by atoms with Crippen molar-refractivity contribution in [2.24, 2.45) is 11.3 Å². The first kappa shape index (κ1) is 28.0. The first-order valence-corrected chi connectivity index (χ1v) is 15.3. The van der Waals surface area contributed by atoms with Crippen LogP contribution < -0.4 is 0 Å². The lowest BCUT2D eigenvalue weighted by Crippen LogP contribution is -2.63. The fourth-order valence-electron chi connectivity index (χ4n) is 7.40. The molecule has 0 bridgehead atoms. The summed E-state index contributed by atoms with van der Waals surface area (Å²) < 4.78 is 5.75. The Labute approximate surface area is 243 Å². The minimum absolute atomic E-state index is 0.140. The molecule has 218 valence electrons. The van der Waals surface area contributed by atoms with Crippen molar-refractivity contribution in [3.05, 3.63) is 65.3 Å². The van der Waals surface area contributed by atoms with Gasteiger partial charge in [0.1, 0.15) is 5.60 Å². The zero-order valence-corrected chi connectivity index (χ0v) is 24.8. The minimum atomic E-state index is -1.23. The Morgan fingerprint density at radius 3 is 2.37 bits per heavy atom. The van der Waals surface area contributed by atoms with Crippen LogP contribution in [0.25, 0.3) is 11.4 Å². The van der Waals surface area contributed by atoms with Crippen molar-refractivity contribution in [2.75, 3.05) is 33.2 Å². The molecule has 3 fully saturated rings. The standard InChI is InChI=1S/C33H43N5O3/c1-22(2)23-9-11-27(12-10-23)33(40,32(3)20-37(4)21-32)28-17-26(18-34-19-28)29-35-30(41-36-29)24-13-15-38(16-14-24)31(39)25-7-5-6-8-25/h9-12,17-19,22,24-25,40H,5-8,13-16,20-21H2,1-4H3/t33-/m0/s1. The number of amides is 1. The van der Waals surface area contributed by atoms with E-state index in [9.17, 15) is 9.90 Å². The Kier molecular flexibility index (Phi) is 7.49. The quantitative estimate of drug-likeness (QED) is 0.419. The number of aliphatic hydroxyl groups is 1. The number of hydrogen-bond acceptors (Lipinski definition) is 7. The Morgan fingerprint density at radius 2 is 1.73 bits per heavy atom. The second-order valence-corrected chi connectivity index (χ2v) is 13.2. The van der Waals surface area contributed by atoms with Crippen LogP contribution in [-0.4, -0.2) is 69.2 Å². The number of carbonyl (C=O) groups excluding carboxylic acids is 1. The van der Waals surface area contributed by atoms with Crippen molar-refractivity contribution in [1.29, 1.82) is 0 Å². The van der Waals surface area contributed by atoms with E-state index in [-0.39, 0.29) is 17.3 Å². The van der Waals surface area contributed by atoms with E-state index >= 15 is 0 Å². The third kappa shape index (κ3) is 5.10. The molecule has 1 aromatic carbocycles. The minimum Gasteiger partial charge on any atom is -0.380 e. The normalized spacial score (nSPS) is 21.7. The number of likely N-dealkylation sites (tertiary alicyclic amines) is 2. The Balaban J connectivity index is 1.23. The molecule has 1 saturated carbocycles. The van der Waals surface area contributed by atoms with E-state index in [1.54, 1.807) is 12.4 Å². The molecule has 41 heavy (non-hydrogen) atoms. The van der Waals surface area contributed by atoms with E-state index < -0.39 is 5.60 Å². The highest BCUT2D eigenvalue weighted by atomic mass is 16.5. The Bertz CT molecular complexity index is 1370. The first-order valence-electron chi connectivity index (χ1n) is 15.3. The van der Waals surface area contributed by atoms with Crippen LogP contribution in [0.4, 0.5) is 0 Å². The third-order valence-corrected chi connectivity index (χ3v) is 9.82. The van der Waals surface area contributed by atoms with E-state index in [1.165, 1.54) is 18.4 Å². The van der Waals surface area contributed by atoms with Crippen LogP contribution in [-0.2, 0) is 10.4 Å². The van der Waals surface area contributed by atoms with Crippen LogP contribution in [0.3, 0.4) is 0 Å². The van der Waals surface area contributed by atoms with Gasteiger partial charge in [-0.05, 0) is 55.8 Å². The summed E-state index contributed by atoms with van der Waals surface area (Å²) in [5, 5.41) is 16.9. The predicted octanol–water partition coefficient (Wildman–Crippen LogP) is 5.34. The van der Waals surface area contributed by atoms with Crippen molar-refractivity contribution in [3.8, 4) is 11.4 Å². The van der Waals surface area contributed by atoms with Gasteiger partial charge in [0.2, 0.25) is 17.6 Å². The molecular formula is C33H43N5O3. The Hall–Kier alpha value is -3.10. The molecule has 2 aromatic heterocycles. The van der Waals surface area contributed by atoms with Gasteiger partial charge in [0, 0.05) is 67.0 Å². The largest absolute Gasteiger partial charge is 0.380 e. The van der Waals surface area contributed by atoms with Crippen molar-refractivity contribution in [1.82, 2.24) is 24.9 Å². The molecule has 4 heterocycles. The third-order valence-electron chi connectivity index (χ3n) is 9.82. The molecule has 0 unspecified atom stereocenters. The lowest BCUT2D eigenvalue weighted by molar-refractivity contribution is -0.136. The zero-order chi connectivity index (χ0) is 28.8. The number of nitrogens with zero attached hydrogens (tertiary/aromatic N) is 5. The second-order valence-electron chi connectivity index (χ2n) is 13.2. The van der Waals surface area contributed by atoms with E-state index in [0.29, 0.717) is 23.5 Å². The molecule has 1 amide bonds. The molecule has 0 spiro atoms. The number of piperidine rings is 1. The summed E-state index contributed by atoms with van der Waals surface area (Å²) in [5.74, 6) is 2.20. The highest BCUT2D eigenvalue weighted by Crippen LogP contribution is 2.50. The number of rotatable bonds is 7. The summed E-state index contributed by atoms with van der Waals surface area (Å²) in [6.07, 6.45) is 9.57. The SMILES string of the molecule is CC(C)c1ccc([C@](O)(c2cncc(-c3noc(C4CCN(C(=O)C5CCCC5)CC4)n3)c2)C2(C)CN(C)C2)cc1. The highest BCUT2D eigenvalue weighted by Gasteiger charge is 2.55. The molecule has 2 aliphatic heterocycles. The summed E-state index contributed by atoms with van der Waals surface area (Å²) in [6.45, 7) is 9.52. The lowest BCUT2D eigenvalue weighted by atomic mass is 9.62. The number of benzene rings is 1. The fourth-order valence-corrected chi connectivity index (χ4v) is 7.40. The summed E-state index contributed by atoms with van der Waals surface area (Å²) in [5.41, 5.74) is 1.95. The highest BCUT2D eigenvalue weighted by molar-refractivity contribution is 5.79. The summed E-state index contributed by atoms with van der Waals surface area (Å²) in [4.78, 5) is 26.4. The van der Waals surface area contributed by atoms with Crippen LogP contribution in [0.2, 0.25) is 0 Å². The molecule has 3 aromatic rings. The molecule has 2 saturated heterocycles. The Morgan fingerprint density at radius 1 is 1.05 bits per heavy atom. The average molecular weight is 558 g/mol. The molecule has 8 nitrogen and oxygen atoms in total. The smallest absolute Gasteiger partial charge is 0.230 e. The molecule has 3 aliphatic rings. The molecule has 1 N–H and O–H groups in total. The van der Waals surface area contributed by atoms with E-state index in [1.807, 2.05) is 11.0 Å². The van der Waals surface area contributed by atoms with Gasteiger partial charge in [0.15, 0.2) is 0 Å². The zero-order valence-electron chi connectivity index (χ0n) is 24.8. The van der Waals surface area contributed by atoms with Gasteiger partial charge in [-0.15, -0.1) is 0 Å². The maximum absolute atomic E-state index is 12.9. The van der Waals surface area contributed by atoms with Crippen LogP contribution in [0.15, 0.2) is 47.2 Å². The van der Waals surface area contributed by atoms with Gasteiger partial charge in [-0.3, -0.25) is 9.78 Å². The lowest BCUT2D eigenvalue weighted by Gasteiger charge is -2.55. The second kappa shape index (κ2) is 11.0. The number of aromatic nitrogens is 3. The first-order chi connectivity index (χ1) is 19.7. The molecule has 0 radical (unpaired) electrons. The monoisotopic (exact) mass is 557 g/mol. The van der Waals surface area contributed by atoms with Gasteiger partial charge < -0.3 is 19.4 Å². The molecule has 1 atom stereocenters. The topological polar surface area (TPSA) is 95.6 Å². The maximum atomic E-state index is 12.9.